The number of hydrogen-bond donors (Lipinski definition) is 1. The molecule has 0 unspecified atom stereocenters. The third-order valence-corrected chi connectivity index (χ3v) is 3.10. The highest BCUT2D eigenvalue weighted by molar-refractivity contribution is 7.99. The summed E-state index contributed by atoms with van der Waals surface area (Å²) in [4.78, 5) is 10.6. The molecule has 2 heterocycles. The van der Waals surface area contributed by atoms with Crippen LogP contribution in [0.5, 0.6) is 0 Å². The lowest BCUT2D eigenvalue weighted by molar-refractivity contribution is 0.276. The largest absolute Gasteiger partial charge is 0.390 e. The first-order valence-corrected chi connectivity index (χ1v) is 5.81. The molecule has 4 nitrogen and oxygen atoms in total. The molecule has 0 amide bonds. The van der Waals surface area contributed by atoms with Crippen LogP contribution in [0.1, 0.15) is 5.69 Å². The number of thioether (sulfide) groups is 1. The summed E-state index contributed by atoms with van der Waals surface area (Å²) < 4.78 is 0. The minimum Gasteiger partial charge on any atom is -0.390 e. The van der Waals surface area contributed by atoms with Gasteiger partial charge in [-0.05, 0) is 6.07 Å². The van der Waals surface area contributed by atoms with Crippen LogP contribution in [0.3, 0.4) is 0 Å². The van der Waals surface area contributed by atoms with Crippen molar-refractivity contribution in [2.24, 2.45) is 0 Å². The smallest absolute Gasteiger partial charge is 0.225 e. The second-order valence-corrected chi connectivity index (χ2v) is 4.33. The zero-order valence-electron chi connectivity index (χ0n) is 7.89. The molecule has 0 spiro atoms. The van der Waals surface area contributed by atoms with Crippen LogP contribution in [0.4, 0.5) is 5.95 Å². The Morgan fingerprint density at radius 3 is 2.93 bits per heavy atom. The Morgan fingerprint density at radius 2 is 2.21 bits per heavy atom. The summed E-state index contributed by atoms with van der Waals surface area (Å²) in [5, 5.41) is 8.95. The number of aromatic nitrogens is 2. The third kappa shape index (κ3) is 2.16. The summed E-state index contributed by atoms with van der Waals surface area (Å²) in [5.41, 5.74) is 0.688. The van der Waals surface area contributed by atoms with E-state index in [0.717, 1.165) is 30.5 Å². The van der Waals surface area contributed by atoms with E-state index in [0.29, 0.717) is 5.69 Å². The van der Waals surface area contributed by atoms with Gasteiger partial charge >= 0.3 is 0 Å². The van der Waals surface area contributed by atoms with Gasteiger partial charge in [0.25, 0.3) is 0 Å². The zero-order valence-corrected chi connectivity index (χ0v) is 8.70. The van der Waals surface area contributed by atoms with E-state index in [1.54, 1.807) is 12.3 Å². The van der Waals surface area contributed by atoms with Crippen LogP contribution >= 0.6 is 11.8 Å². The highest BCUT2D eigenvalue weighted by Crippen LogP contribution is 2.14. The molecule has 1 aromatic rings. The number of aliphatic hydroxyl groups excluding tert-OH is 1. The molecule has 1 aliphatic rings. The molecule has 1 fully saturated rings. The van der Waals surface area contributed by atoms with E-state index in [4.69, 9.17) is 5.11 Å². The maximum Gasteiger partial charge on any atom is 0.225 e. The van der Waals surface area contributed by atoms with Crippen molar-refractivity contribution < 1.29 is 5.11 Å². The van der Waals surface area contributed by atoms with Crippen molar-refractivity contribution in [1.82, 2.24) is 9.97 Å². The van der Waals surface area contributed by atoms with Gasteiger partial charge in [0, 0.05) is 30.8 Å². The Hall–Kier alpha value is -0.810. The summed E-state index contributed by atoms with van der Waals surface area (Å²) in [5.74, 6) is 3.01. The number of anilines is 1. The lowest BCUT2D eigenvalue weighted by atomic mass is 10.4. The predicted octanol–water partition coefficient (Wildman–Crippen LogP) is 0.522. The van der Waals surface area contributed by atoms with E-state index in [9.17, 15) is 0 Å². The molecule has 0 atom stereocenters. The molecule has 76 valence electrons. The molecular formula is C9H13N3OS. The van der Waals surface area contributed by atoms with Gasteiger partial charge in [0.15, 0.2) is 0 Å². The Balaban J connectivity index is 2.13. The lowest BCUT2D eigenvalue weighted by Gasteiger charge is -2.26. The Bertz CT molecular complexity index is 302. The van der Waals surface area contributed by atoms with Gasteiger partial charge < -0.3 is 10.0 Å². The van der Waals surface area contributed by atoms with Gasteiger partial charge in [-0.1, -0.05) is 0 Å². The number of aliphatic hydroxyl groups is 1. The topological polar surface area (TPSA) is 49.3 Å². The third-order valence-electron chi connectivity index (χ3n) is 2.16. The first-order valence-electron chi connectivity index (χ1n) is 4.65. The van der Waals surface area contributed by atoms with Crippen molar-refractivity contribution in [3.63, 3.8) is 0 Å². The predicted molar refractivity (Wildman–Crippen MR) is 57.5 cm³/mol. The van der Waals surface area contributed by atoms with E-state index in [2.05, 4.69) is 14.9 Å². The molecule has 0 aromatic carbocycles. The Morgan fingerprint density at radius 1 is 1.43 bits per heavy atom. The Kier molecular flexibility index (Phi) is 3.21. The van der Waals surface area contributed by atoms with Crippen LogP contribution < -0.4 is 4.90 Å². The lowest BCUT2D eigenvalue weighted by Crippen LogP contribution is -2.33. The fraction of sp³-hybridized carbons (Fsp3) is 0.556. The van der Waals surface area contributed by atoms with Crippen LogP contribution in [0.2, 0.25) is 0 Å². The quantitative estimate of drug-likeness (QED) is 0.773. The molecule has 1 saturated heterocycles. The summed E-state index contributed by atoms with van der Waals surface area (Å²) in [7, 11) is 0. The highest BCUT2D eigenvalue weighted by atomic mass is 32.2. The molecule has 0 saturated carbocycles. The molecule has 1 aliphatic heterocycles. The van der Waals surface area contributed by atoms with Crippen LogP contribution in [-0.2, 0) is 6.61 Å². The molecule has 2 rings (SSSR count). The minimum absolute atomic E-state index is 0.0158. The van der Waals surface area contributed by atoms with Crippen molar-refractivity contribution in [3.8, 4) is 0 Å². The highest BCUT2D eigenvalue weighted by Gasteiger charge is 2.13. The second-order valence-electron chi connectivity index (χ2n) is 3.11. The van der Waals surface area contributed by atoms with Crippen molar-refractivity contribution in [2.75, 3.05) is 29.5 Å². The molecule has 0 bridgehead atoms. The van der Waals surface area contributed by atoms with E-state index < -0.39 is 0 Å². The van der Waals surface area contributed by atoms with Crippen molar-refractivity contribution in [2.45, 2.75) is 6.61 Å². The zero-order chi connectivity index (χ0) is 9.80. The average molecular weight is 211 g/mol. The van der Waals surface area contributed by atoms with Gasteiger partial charge in [0.05, 0.1) is 12.3 Å². The van der Waals surface area contributed by atoms with Gasteiger partial charge in [-0.15, -0.1) is 0 Å². The van der Waals surface area contributed by atoms with Gasteiger partial charge in [-0.2, -0.15) is 11.8 Å². The summed E-state index contributed by atoms with van der Waals surface area (Å²) in [6.45, 7) is 1.98. The molecule has 0 aliphatic carbocycles. The van der Waals surface area contributed by atoms with E-state index in [1.807, 2.05) is 11.8 Å². The number of nitrogens with zero attached hydrogens (tertiary/aromatic N) is 3. The van der Waals surface area contributed by atoms with Crippen molar-refractivity contribution in [1.29, 1.82) is 0 Å². The maximum absolute atomic E-state index is 8.95. The molecule has 1 aromatic heterocycles. The summed E-state index contributed by atoms with van der Waals surface area (Å²) in [6.07, 6.45) is 1.70. The fourth-order valence-electron chi connectivity index (χ4n) is 1.39. The molecule has 1 N–H and O–H groups in total. The number of hydrogen-bond acceptors (Lipinski definition) is 5. The fourth-order valence-corrected chi connectivity index (χ4v) is 2.29. The monoisotopic (exact) mass is 211 g/mol. The molecule has 5 heteroatoms. The van der Waals surface area contributed by atoms with Gasteiger partial charge in [-0.3, -0.25) is 0 Å². The maximum atomic E-state index is 8.95. The van der Waals surface area contributed by atoms with E-state index in [1.165, 1.54) is 0 Å². The average Bonchev–Trinajstić information content (AvgIpc) is 2.30. The summed E-state index contributed by atoms with van der Waals surface area (Å²) >= 11 is 1.96. The van der Waals surface area contributed by atoms with E-state index >= 15 is 0 Å². The SMILES string of the molecule is OCc1ccnc(N2CCSCC2)n1. The van der Waals surface area contributed by atoms with Gasteiger partial charge in [-0.25, -0.2) is 9.97 Å². The molecule has 14 heavy (non-hydrogen) atoms. The molecular weight excluding hydrogens is 198 g/mol. The summed E-state index contributed by atoms with van der Waals surface area (Å²) in [6, 6.07) is 1.74. The van der Waals surface area contributed by atoms with Gasteiger partial charge in [0.2, 0.25) is 5.95 Å². The number of rotatable bonds is 2. The Labute approximate surface area is 87.4 Å². The van der Waals surface area contributed by atoms with Crippen molar-refractivity contribution >= 4 is 17.7 Å². The van der Waals surface area contributed by atoms with E-state index in [-0.39, 0.29) is 6.61 Å². The second kappa shape index (κ2) is 4.61. The van der Waals surface area contributed by atoms with Crippen LogP contribution in [-0.4, -0.2) is 39.7 Å². The van der Waals surface area contributed by atoms with Crippen LogP contribution in [0, 0.1) is 0 Å². The first-order chi connectivity index (χ1) is 6.90. The molecule has 0 radical (unpaired) electrons. The first kappa shape index (κ1) is 9.73. The van der Waals surface area contributed by atoms with Crippen molar-refractivity contribution in [3.05, 3.63) is 18.0 Å². The normalized spacial score (nSPS) is 17.1. The van der Waals surface area contributed by atoms with Crippen LogP contribution in [0.25, 0.3) is 0 Å². The van der Waals surface area contributed by atoms with Gasteiger partial charge in [0.1, 0.15) is 0 Å². The standard InChI is InChI=1S/C9H13N3OS/c13-7-8-1-2-10-9(11-8)12-3-5-14-6-4-12/h1-2,13H,3-7H2. The minimum atomic E-state index is -0.0158. The van der Waals surface area contributed by atoms with Crippen LogP contribution in [0.15, 0.2) is 12.3 Å².